The van der Waals surface area contributed by atoms with E-state index in [4.69, 9.17) is 0 Å². The molecule has 4 N–H and O–H groups in total. The van der Waals surface area contributed by atoms with E-state index in [1.54, 1.807) is 6.07 Å². The van der Waals surface area contributed by atoms with E-state index in [-0.39, 0.29) is 29.2 Å². The molecule has 134 valence electrons. The zero-order valence-electron chi connectivity index (χ0n) is 14.7. The number of hydrogen-bond acceptors (Lipinski definition) is 4. The second-order valence-electron chi connectivity index (χ2n) is 7.48. The number of phenolic OH excluding ortho intramolecular Hbond substituents is 2. The highest BCUT2D eigenvalue weighted by molar-refractivity contribution is 5.85. The van der Waals surface area contributed by atoms with Gasteiger partial charge in [0, 0.05) is 12.6 Å². The SMILES string of the molecule is CC1CCC(C(C)C)[C@@](O)(C(=O)NCCc2ccc(O)cc2O)C1. The van der Waals surface area contributed by atoms with Gasteiger partial charge in [-0.2, -0.15) is 0 Å². The average Bonchev–Trinajstić information content (AvgIpc) is 2.48. The van der Waals surface area contributed by atoms with Gasteiger partial charge in [0.25, 0.3) is 5.91 Å². The largest absolute Gasteiger partial charge is 0.508 e. The molecule has 1 fully saturated rings. The highest BCUT2D eigenvalue weighted by Gasteiger charge is 2.48. The van der Waals surface area contributed by atoms with Gasteiger partial charge < -0.3 is 20.6 Å². The van der Waals surface area contributed by atoms with Crippen molar-refractivity contribution < 1.29 is 20.1 Å². The number of benzene rings is 1. The number of carbonyl (C=O) groups is 1. The molecule has 0 spiro atoms. The van der Waals surface area contributed by atoms with E-state index >= 15 is 0 Å². The average molecular weight is 335 g/mol. The number of hydrogen-bond donors (Lipinski definition) is 4. The summed E-state index contributed by atoms with van der Waals surface area (Å²) in [5.74, 6) is 0.243. The van der Waals surface area contributed by atoms with Crippen LogP contribution < -0.4 is 5.32 Å². The Labute approximate surface area is 143 Å². The van der Waals surface area contributed by atoms with Crippen molar-refractivity contribution in [3.63, 3.8) is 0 Å². The molecule has 5 nitrogen and oxygen atoms in total. The molecule has 1 aliphatic carbocycles. The number of aromatic hydroxyl groups is 2. The van der Waals surface area contributed by atoms with Crippen LogP contribution in [0.15, 0.2) is 18.2 Å². The van der Waals surface area contributed by atoms with Crippen LogP contribution in [-0.2, 0) is 11.2 Å². The van der Waals surface area contributed by atoms with Crippen molar-refractivity contribution in [2.24, 2.45) is 17.8 Å². The fourth-order valence-corrected chi connectivity index (χ4v) is 3.86. The maximum absolute atomic E-state index is 12.6. The predicted molar refractivity (Wildman–Crippen MR) is 92.8 cm³/mol. The van der Waals surface area contributed by atoms with Crippen molar-refractivity contribution in [2.75, 3.05) is 6.54 Å². The Hall–Kier alpha value is -1.75. The van der Waals surface area contributed by atoms with Crippen LogP contribution in [-0.4, -0.2) is 33.4 Å². The van der Waals surface area contributed by atoms with Crippen LogP contribution in [0.2, 0.25) is 0 Å². The van der Waals surface area contributed by atoms with E-state index in [0.717, 1.165) is 12.8 Å². The van der Waals surface area contributed by atoms with Crippen LogP contribution in [0.25, 0.3) is 0 Å². The Bertz CT molecular complexity index is 587. The molecule has 5 heteroatoms. The monoisotopic (exact) mass is 335 g/mol. The lowest BCUT2D eigenvalue weighted by molar-refractivity contribution is -0.155. The molecule has 1 aliphatic rings. The van der Waals surface area contributed by atoms with Crippen molar-refractivity contribution in [3.05, 3.63) is 23.8 Å². The second-order valence-corrected chi connectivity index (χ2v) is 7.48. The summed E-state index contributed by atoms with van der Waals surface area (Å²) in [4.78, 5) is 12.6. The van der Waals surface area contributed by atoms with Gasteiger partial charge in [-0.05, 0) is 48.6 Å². The van der Waals surface area contributed by atoms with Crippen molar-refractivity contribution in [3.8, 4) is 11.5 Å². The Kier molecular flexibility index (Phi) is 5.75. The Morgan fingerprint density at radius 1 is 1.33 bits per heavy atom. The molecular formula is C19H29NO4. The molecule has 2 rings (SSSR count). The molecule has 0 radical (unpaired) electrons. The quantitative estimate of drug-likeness (QED) is 0.666. The van der Waals surface area contributed by atoms with Gasteiger partial charge in [-0.15, -0.1) is 0 Å². The van der Waals surface area contributed by atoms with E-state index in [2.05, 4.69) is 12.2 Å². The van der Waals surface area contributed by atoms with E-state index < -0.39 is 5.60 Å². The number of aliphatic hydroxyl groups is 1. The molecular weight excluding hydrogens is 306 g/mol. The summed E-state index contributed by atoms with van der Waals surface area (Å²) in [5.41, 5.74) is -0.666. The summed E-state index contributed by atoms with van der Waals surface area (Å²) in [6.45, 7) is 6.50. The predicted octanol–water partition coefficient (Wildman–Crippen LogP) is 2.58. The normalized spacial score (nSPS) is 27.2. The van der Waals surface area contributed by atoms with Crippen molar-refractivity contribution >= 4 is 5.91 Å². The highest BCUT2D eigenvalue weighted by Crippen LogP contribution is 2.41. The third kappa shape index (κ3) is 4.01. The standard InChI is InChI=1S/C19H29NO4/c1-12(2)16-7-4-13(3)11-19(16,24)18(23)20-9-8-14-5-6-15(21)10-17(14)22/h5-6,10,12-13,16,21-22,24H,4,7-9,11H2,1-3H3,(H,20,23)/t13?,16?,19-/m1/s1. The molecule has 1 aromatic rings. The molecule has 24 heavy (non-hydrogen) atoms. The summed E-state index contributed by atoms with van der Waals surface area (Å²) in [7, 11) is 0. The Morgan fingerprint density at radius 2 is 2.04 bits per heavy atom. The van der Waals surface area contributed by atoms with E-state index in [1.807, 2.05) is 13.8 Å². The first-order valence-electron chi connectivity index (χ1n) is 8.75. The number of phenols is 2. The summed E-state index contributed by atoms with van der Waals surface area (Å²) >= 11 is 0. The van der Waals surface area contributed by atoms with Crippen molar-refractivity contribution in [1.29, 1.82) is 0 Å². The van der Waals surface area contributed by atoms with Gasteiger partial charge in [0.1, 0.15) is 17.1 Å². The maximum Gasteiger partial charge on any atom is 0.252 e. The second kappa shape index (κ2) is 7.43. The molecule has 0 aromatic heterocycles. The molecule has 1 saturated carbocycles. The van der Waals surface area contributed by atoms with Gasteiger partial charge in [-0.25, -0.2) is 0 Å². The summed E-state index contributed by atoms with van der Waals surface area (Å²) in [5, 5.41) is 32.9. The van der Waals surface area contributed by atoms with Crippen molar-refractivity contribution in [2.45, 2.75) is 52.1 Å². The lowest BCUT2D eigenvalue weighted by Crippen LogP contribution is -2.56. The van der Waals surface area contributed by atoms with Gasteiger partial charge in [0.15, 0.2) is 0 Å². The first kappa shape index (κ1) is 18.6. The number of rotatable bonds is 5. The van der Waals surface area contributed by atoms with Gasteiger partial charge in [0.2, 0.25) is 0 Å². The minimum atomic E-state index is -1.32. The van der Waals surface area contributed by atoms with E-state index in [1.165, 1.54) is 12.1 Å². The van der Waals surface area contributed by atoms with E-state index in [0.29, 0.717) is 30.9 Å². The van der Waals surface area contributed by atoms with Crippen molar-refractivity contribution in [1.82, 2.24) is 5.32 Å². The fraction of sp³-hybridized carbons (Fsp3) is 0.632. The topological polar surface area (TPSA) is 89.8 Å². The third-order valence-corrected chi connectivity index (χ3v) is 5.19. The first-order chi connectivity index (χ1) is 11.2. The summed E-state index contributed by atoms with van der Waals surface area (Å²) < 4.78 is 0. The van der Waals surface area contributed by atoms with Crippen LogP contribution in [0.1, 0.15) is 45.6 Å². The first-order valence-corrected chi connectivity index (χ1v) is 8.75. The molecule has 3 atom stereocenters. The molecule has 0 aliphatic heterocycles. The molecule has 1 amide bonds. The van der Waals surface area contributed by atoms with Gasteiger partial charge in [0.05, 0.1) is 0 Å². The maximum atomic E-state index is 12.6. The number of amides is 1. The number of carbonyl (C=O) groups excluding carboxylic acids is 1. The Balaban J connectivity index is 1.99. The van der Waals surface area contributed by atoms with Crippen LogP contribution >= 0.6 is 0 Å². The Morgan fingerprint density at radius 3 is 2.67 bits per heavy atom. The summed E-state index contributed by atoms with van der Waals surface area (Å²) in [6, 6.07) is 4.41. The lowest BCUT2D eigenvalue weighted by Gasteiger charge is -2.43. The van der Waals surface area contributed by atoms with Crippen LogP contribution in [0, 0.1) is 17.8 Å². The molecule has 0 heterocycles. The van der Waals surface area contributed by atoms with E-state index in [9.17, 15) is 20.1 Å². The molecule has 0 saturated heterocycles. The third-order valence-electron chi connectivity index (χ3n) is 5.19. The minimum absolute atomic E-state index is 0.00515. The molecule has 0 bridgehead atoms. The van der Waals surface area contributed by atoms with Gasteiger partial charge >= 0.3 is 0 Å². The molecule has 1 aromatic carbocycles. The minimum Gasteiger partial charge on any atom is -0.508 e. The van der Waals surface area contributed by atoms with Crippen LogP contribution in [0.4, 0.5) is 0 Å². The zero-order valence-corrected chi connectivity index (χ0v) is 14.7. The number of nitrogens with one attached hydrogen (secondary N) is 1. The molecule has 2 unspecified atom stereocenters. The van der Waals surface area contributed by atoms with Gasteiger partial charge in [-0.1, -0.05) is 33.3 Å². The fourth-order valence-electron chi connectivity index (χ4n) is 3.86. The highest BCUT2D eigenvalue weighted by atomic mass is 16.3. The lowest BCUT2D eigenvalue weighted by atomic mass is 9.66. The van der Waals surface area contributed by atoms with Gasteiger partial charge in [-0.3, -0.25) is 4.79 Å². The van der Waals surface area contributed by atoms with Crippen LogP contribution in [0.3, 0.4) is 0 Å². The van der Waals surface area contributed by atoms with Crippen LogP contribution in [0.5, 0.6) is 11.5 Å². The smallest absolute Gasteiger partial charge is 0.252 e. The zero-order chi connectivity index (χ0) is 17.9. The summed E-state index contributed by atoms with van der Waals surface area (Å²) in [6.07, 6.45) is 2.84.